The van der Waals surface area contributed by atoms with Crippen LogP contribution in [0.3, 0.4) is 0 Å². The van der Waals surface area contributed by atoms with Crippen LogP contribution in [-0.2, 0) is 11.2 Å². The lowest BCUT2D eigenvalue weighted by Gasteiger charge is -2.30. The Kier molecular flexibility index (Phi) is 4.98. The molecule has 0 saturated carbocycles. The summed E-state index contributed by atoms with van der Waals surface area (Å²) in [5.74, 6) is -0.472. The number of carbonyl (C=O) groups is 1. The predicted molar refractivity (Wildman–Crippen MR) is 93.4 cm³/mol. The first-order chi connectivity index (χ1) is 12.0. The molecule has 1 heterocycles. The minimum atomic E-state index is -0.513. The molecule has 0 aromatic heterocycles. The molecule has 0 bridgehead atoms. The van der Waals surface area contributed by atoms with Crippen molar-refractivity contribution < 1.29 is 18.8 Å². The lowest BCUT2D eigenvalue weighted by atomic mass is 10.0. The lowest BCUT2D eigenvalue weighted by molar-refractivity contribution is -0.384. The first-order valence-corrected chi connectivity index (χ1v) is 8.40. The van der Waals surface area contributed by atoms with Gasteiger partial charge in [0.15, 0.2) is 6.61 Å². The summed E-state index contributed by atoms with van der Waals surface area (Å²) in [5, 5.41) is 10.6. The number of benzene rings is 2. The molecule has 0 atom stereocenters. The van der Waals surface area contributed by atoms with Crippen molar-refractivity contribution in [1.82, 2.24) is 0 Å². The Bertz CT molecular complexity index is 826. The van der Waals surface area contributed by atoms with Gasteiger partial charge in [0.05, 0.1) is 10.6 Å². The maximum absolute atomic E-state index is 14.3. The Morgan fingerprint density at radius 3 is 2.72 bits per heavy atom. The first kappa shape index (κ1) is 17.3. The van der Waals surface area contributed by atoms with E-state index in [1.165, 1.54) is 35.2 Å². The van der Waals surface area contributed by atoms with Crippen LogP contribution in [0.15, 0.2) is 40.9 Å². The Morgan fingerprint density at radius 2 is 2.04 bits per heavy atom. The highest BCUT2D eigenvalue weighted by Crippen LogP contribution is 2.33. The summed E-state index contributed by atoms with van der Waals surface area (Å²) >= 11 is 3.26. The van der Waals surface area contributed by atoms with Gasteiger partial charge in [-0.25, -0.2) is 4.39 Å². The smallest absolute Gasteiger partial charge is 0.269 e. The molecule has 130 valence electrons. The zero-order valence-electron chi connectivity index (χ0n) is 13.1. The highest BCUT2D eigenvalue weighted by atomic mass is 79.9. The standard InChI is InChI=1S/C17H14BrFN2O4/c18-12-8-11-2-1-7-20(17(11)15(19)9-12)16(22)10-25-14-5-3-13(4-6-14)21(23)24/h3-6,8-9H,1-2,7,10H2. The molecular weight excluding hydrogens is 395 g/mol. The van der Waals surface area contributed by atoms with Crippen LogP contribution < -0.4 is 9.64 Å². The molecule has 6 nitrogen and oxygen atoms in total. The fraction of sp³-hybridized carbons (Fsp3) is 0.235. The highest BCUT2D eigenvalue weighted by Gasteiger charge is 2.26. The van der Waals surface area contributed by atoms with Crippen molar-refractivity contribution in [2.24, 2.45) is 0 Å². The van der Waals surface area contributed by atoms with Gasteiger partial charge in [-0.3, -0.25) is 14.9 Å². The van der Waals surface area contributed by atoms with Crippen molar-refractivity contribution in [2.45, 2.75) is 12.8 Å². The van der Waals surface area contributed by atoms with Gasteiger partial charge in [0.25, 0.3) is 11.6 Å². The summed E-state index contributed by atoms with van der Waals surface area (Å²) in [6, 6.07) is 8.59. The molecule has 1 aliphatic rings. The minimum Gasteiger partial charge on any atom is -0.484 e. The van der Waals surface area contributed by atoms with Crippen LogP contribution in [-0.4, -0.2) is 24.0 Å². The summed E-state index contributed by atoms with van der Waals surface area (Å²) in [6.07, 6.45) is 1.45. The van der Waals surface area contributed by atoms with E-state index in [9.17, 15) is 19.3 Å². The number of carbonyl (C=O) groups excluding carboxylic acids is 1. The molecule has 3 rings (SSSR count). The number of hydrogen-bond acceptors (Lipinski definition) is 4. The summed E-state index contributed by atoms with van der Waals surface area (Å²) in [6.45, 7) is 0.154. The maximum atomic E-state index is 14.3. The Morgan fingerprint density at radius 1 is 1.32 bits per heavy atom. The maximum Gasteiger partial charge on any atom is 0.269 e. The number of nitro groups is 1. The lowest BCUT2D eigenvalue weighted by Crippen LogP contribution is -2.39. The topological polar surface area (TPSA) is 72.7 Å². The molecule has 0 fully saturated rings. The molecule has 0 spiro atoms. The fourth-order valence-corrected chi connectivity index (χ4v) is 3.27. The second kappa shape index (κ2) is 7.18. The van der Waals surface area contributed by atoms with Gasteiger partial charge >= 0.3 is 0 Å². The average Bonchev–Trinajstić information content (AvgIpc) is 2.59. The molecule has 2 aromatic carbocycles. The number of fused-ring (bicyclic) bond motifs is 1. The van der Waals surface area contributed by atoms with Crippen molar-refractivity contribution in [2.75, 3.05) is 18.1 Å². The zero-order valence-corrected chi connectivity index (χ0v) is 14.7. The number of halogens is 2. The van der Waals surface area contributed by atoms with Crippen molar-refractivity contribution in [3.05, 3.63) is 62.4 Å². The normalized spacial score (nSPS) is 13.3. The second-order valence-electron chi connectivity index (χ2n) is 5.58. The molecule has 2 aromatic rings. The van der Waals surface area contributed by atoms with Crippen LogP contribution in [0, 0.1) is 15.9 Å². The number of non-ortho nitro benzene ring substituents is 1. The molecule has 0 aliphatic carbocycles. The van der Waals surface area contributed by atoms with Gasteiger partial charge < -0.3 is 9.64 Å². The average molecular weight is 409 g/mol. The van der Waals surface area contributed by atoms with Crippen LogP contribution in [0.2, 0.25) is 0 Å². The van der Waals surface area contributed by atoms with Crippen LogP contribution in [0.4, 0.5) is 15.8 Å². The van der Waals surface area contributed by atoms with Gasteiger partial charge in [0.1, 0.15) is 11.6 Å². The number of nitro benzene ring substituents is 1. The third-order valence-corrected chi connectivity index (χ3v) is 4.37. The first-order valence-electron chi connectivity index (χ1n) is 7.61. The molecule has 1 aliphatic heterocycles. The van der Waals surface area contributed by atoms with Gasteiger partial charge in [-0.15, -0.1) is 0 Å². The molecule has 25 heavy (non-hydrogen) atoms. The SMILES string of the molecule is O=C(COc1ccc([N+](=O)[O-])cc1)N1CCCc2cc(Br)cc(F)c21. The summed E-state index contributed by atoms with van der Waals surface area (Å²) in [4.78, 5) is 24.0. The summed E-state index contributed by atoms with van der Waals surface area (Å²) < 4.78 is 20.3. The fourth-order valence-electron chi connectivity index (χ4n) is 2.79. The van der Waals surface area contributed by atoms with E-state index in [1.54, 1.807) is 0 Å². The quantitative estimate of drug-likeness (QED) is 0.568. The highest BCUT2D eigenvalue weighted by molar-refractivity contribution is 9.10. The van der Waals surface area contributed by atoms with Crippen molar-refractivity contribution in [1.29, 1.82) is 0 Å². The zero-order chi connectivity index (χ0) is 18.0. The third-order valence-electron chi connectivity index (χ3n) is 3.92. The van der Waals surface area contributed by atoms with E-state index < -0.39 is 10.7 Å². The van der Waals surface area contributed by atoms with Crippen LogP contribution in [0.5, 0.6) is 5.75 Å². The Labute approximate surface area is 151 Å². The van der Waals surface area contributed by atoms with Crippen molar-refractivity contribution >= 4 is 33.2 Å². The number of hydrogen-bond donors (Lipinski definition) is 0. The number of nitrogens with zero attached hydrogens (tertiary/aromatic N) is 2. The second-order valence-corrected chi connectivity index (χ2v) is 6.50. The van der Waals surface area contributed by atoms with Crippen LogP contribution in [0.1, 0.15) is 12.0 Å². The van der Waals surface area contributed by atoms with Crippen LogP contribution >= 0.6 is 15.9 Å². The minimum absolute atomic E-state index is 0.0590. The number of aryl methyl sites for hydroxylation is 1. The predicted octanol–water partition coefficient (Wildman–Crippen LogP) is 3.85. The molecule has 1 amide bonds. The third kappa shape index (κ3) is 3.79. The van der Waals surface area contributed by atoms with E-state index in [-0.39, 0.29) is 18.2 Å². The van der Waals surface area contributed by atoms with E-state index in [0.717, 1.165) is 12.0 Å². The van der Waals surface area contributed by atoms with Gasteiger partial charge in [0.2, 0.25) is 0 Å². The van der Waals surface area contributed by atoms with E-state index >= 15 is 0 Å². The number of amides is 1. The van der Waals surface area contributed by atoms with E-state index in [0.29, 0.717) is 28.9 Å². The number of anilines is 1. The van der Waals surface area contributed by atoms with Crippen molar-refractivity contribution in [3.63, 3.8) is 0 Å². The number of ether oxygens (including phenoxy) is 1. The monoisotopic (exact) mass is 408 g/mol. The van der Waals surface area contributed by atoms with E-state index in [1.807, 2.05) is 6.07 Å². The Balaban J connectivity index is 1.71. The van der Waals surface area contributed by atoms with Gasteiger partial charge in [-0.1, -0.05) is 15.9 Å². The van der Waals surface area contributed by atoms with Crippen molar-refractivity contribution in [3.8, 4) is 5.75 Å². The van der Waals surface area contributed by atoms with Gasteiger partial charge in [0, 0.05) is 23.2 Å². The van der Waals surface area contributed by atoms with E-state index in [2.05, 4.69) is 15.9 Å². The molecule has 0 radical (unpaired) electrons. The van der Waals surface area contributed by atoms with Gasteiger partial charge in [-0.05, 0) is 42.7 Å². The Hall–Kier alpha value is -2.48. The molecule has 8 heteroatoms. The van der Waals surface area contributed by atoms with E-state index in [4.69, 9.17) is 4.74 Å². The van der Waals surface area contributed by atoms with Gasteiger partial charge in [-0.2, -0.15) is 0 Å². The molecular formula is C17H14BrFN2O4. The molecule has 0 unspecified atom stereocenters. The number of rotatable bonds is 4. The summed E-state index contributed by atoms with van der Waals surface area (Å²) in [7, 11) is 0. The largest absolute Gasteiger partial charge is 0.484 e. The summed E-state index contributed by atoms with van der Waals surface area (Å²) in [5.41, 5.74) is 1.02. The molecule has 0 N–H and O–H groups in total. The molecule has 0 saturated heterocycles. The van der Waals surface area contributed by atoms with Crippen LogP contribution in [0.25, 0.3) is 0 Å².